The predicted octanol–water partition coefficient (Wildman–Crippen LogP) is 4.57. The molecule has 28 heavy (non-hydrogen) atoms. The Hall–Kier alpha value is -2.73. The van der Waals surface area contributed by atoms with Crippen molar-refractivity contribution in [2.45, 2.75) is 26.9 Å². The summed E-state index contributed by atoms with van der Waals surface area (Å²) >= 11 is 5.89. The number of nitrogens with one attached hydrogen (secondary N) is 1. The molecular formula is C21H24ClNO5. The first-order valence-corrected chi connectivity index (χ1v) is 9.26. The molecule has 1 N–H and O–H groups in total. The lowest BCUT2D eigenvalue weighted by Gasteiger charge is -2.15. The molecule has 0 saturated heterocycles. The van der Waals surface area contributed by atoms with Crippen molar-refractivity contribution in [1.29, 1.82) is 0 Å². The fourth-order valence-corrected chi connectivity index (χ4v) is 2.45. The molecule has 0 radical (unpaired) electrons. The van der Waals surface area contributed by atoms with E-state index in [1.807, 2.05) is 13.8 Å². The minimum absolute atomic E-state index is 0.260. The predicted molar refractivity (Wildman–Crippen MR) is 108 cm³/mol. The van der Waals surface area contributed by atoms with Crippen molar-refractivity contribution >= 4 is 29.2 Å². The summed E-state index contributed by atoms with van der Waals surface area (Å²) in [5.74, 6) is 0.223. The van der Waals surface area contributed by atoms with Crippen LogP contribution in [-0.4, -0.2) is 31.7 Å². The van der Waals surface area contributed by atoms with Crippen LogP contribution in [0.15, 0.2) is 42.5 Å². The molecule has 0 fully saturated rings. The highest BCUT2D eigenvalue weighted by Crippen LogP contribution is 2.29. The van der Waals surface area contributed by atoms with Gasteiger partial charge in [0, 0.05) is 10.7 Å². The summed E-state index contributed by atoms with van der Waals surface area (Å²) in [7, 11) is 1.49. The lowest BCUT2D eigenvalue weighted by molar-refractivity contribution is -0.123. The highest BCUT2D eigenvalue weighted by Gasteiger charge is 2.20. The van der Waals surface area contributed by atoms with Crippen molar-refractivity contribution in [2.24, 2.45) is 5.92 Å². The zero-order valence-electron chi connectivity index (χ0n) is 16.3. The number of hydrogen-bond donors (Lipinski definition) is 1. The summed E-state index contributed by atoms with van der Waals surface area (Å²) in [5.41, 5.74) is 0.782. The molecule has 0 spiro atoms. The summed E-state index contributed by atoms with van der Waals surface area (Å²) in [5, 5.41) is 3.15. The number of carbonyl (C=O) groups excluding carboxylic acids is 2. The largest absolute Gasteiger partial charge is 0.493 e. The number of anilines is 1. The van der Waals surface area contributed by atoms with E-state index in [9.17, 15) is 9.59 Å². The van der Waals surface area contributed by atoms with Crippen LogP contribution in [0.3, 0.4) is 0 Å². The molecule has 1 atom stereocenters. The molecule has 0 aliphatic heterocycles. The van der Waals surface area contributed by atoms with Gasteiger partial charge in [-0.1, -0.05) is 31.5 Å². The Morgan fingerprint density at radius 1 is 1.07 bits per heavy atom. The van der Waals surface area contributed by atoms with E-state index in [0.717, 1.165) is 0 Å². The van der Waals surface area contributed by atoms with Gasteiger partial charge in [-0.3, -0.25) is 4.79 Å². The molecule has 150 valence electrons. The van der Waals surface area contributed by atoms with Crippen molar-refractivity contribution in [2.75, 3.05) is 19.0 Å². The van der Waals surface area contributed by atoms with Crippen molar-refractivity contribution in [1.82, 2.24) is 0 Å². The van der Waals surface area contributed by atoms with Gasteiger partial charge in [0.25, 0.3) is 5.91 Å². The van der Waals surface area contributed by atoms with Crippen LogP contribution in [0.1, 0.15) is 31.1 Å². The Balaban J connectivity index is 2.01. The number of esters is 1. The normalized spacial score (nSPS) is 11.6. The van der Waals surface area contributed by atoms with Crippen LogP contribution in [0, 0.1) is 5.92 Å². The van der Waals surface area contributed by atoms with Crippen LogP contribution >= 0.6 is 11.6 Å². The van der Waals surface area contributed by atoms with Crippen LogP contribution in [0.25, 0.3) is 0 Å². The van der Waals surface area contributed by atoms with Crippen LogP contribution in [0.2, 0.25) is 5.02 Å². The molecule has 7 heteroatoms. The second-order valence-corrected chi connectivity index (χ2v) is 7.05. The molecule has 0 unspecified atom stereocenters. The summed E-state index contributed by atoms with van der Waals surface area (Å²) in [6.45, 7) is 6.10. The smallest absolute Gasteiger partial charge is 0.339 e. The molecule has 6 nitrogen and oxygen atoms in total. The number of rotatable bonds is 8. The van der Waals surface area contributed by atoms with Gasteiger partial charge in [0.05, 0.1) is 19.3 Å². The summed E-state index contributed by atoms with van der Waals surface area (Å²) in [6.07, 6.45) is -0.991. The van der Waals surface area contributed by atoms with E-state index < -0.39 is 18.0 Å². The fraction of sp³-hybridized carbons (Fsp3) is 0.333. The van der Waals surface area contributed by atoms with Crippen LogP contribution < -0.4 is 14.8 Å². The first kappa shape index (κ1) is 21.6. The van der Waals surface area contributed by atoms with Gasteiger partial charge in [0.2, 0.25) is 0 Å². The van der Waals surface area contributed by atoms with Gasteiger partial charge in [0.1, 0.15) is 0 Å². The molecule has 2 aromatic carbocycles. The monoisotopic (exact) mass is 405 g/mol. The summed E-state index contributed by atoms with van der Waals surface area (Å²) in [4.78, 5) is 24.6. The lowest BCUT2D eigenvalue weighted by atomic mass is 10.2. The number of benzene rings is 2. The molecule has 0 aromatic heterocycles. The zero-order valence-corrected chi connectivity index (χ0v) is 17.1. The van der Waals surface area contributed by atoms with Gasteiger partial charge >= 0.3 is 5.97 Å². The van der Waals surface area contributed by atoms with E-state index >= 15 is 0 Å². The zero-order chi connectivity index (χ0) is 20.7. The third-order valence-corrected chi connectivity index (χ3v) is 3.95. The maximum Gasteiger partial charge on any atom is 0.339 e. The van der Waals surface area contributed by atoms with Gasteiger partial charge in [-0.25, -0.2) is 4.79 Å². The van der Waals surface area contributed by atoms with Crippen molar-refractivity contribution in [3.63, 3.8) is 0 Å². The molecule has 0 heterocycles. The number of ether oxygens (including phenoxy) is 3. The third-order valence-electron chi connectivity index (χ3n) is 3.72. The average Bonchev–Trinajstić information content (AvgIpc) is 2.65. The molecule has 0 aliphatic carbocycles. The van der Waals surface area contributed by atoms with E-state index in [4.69, 9.17) is 25.8 Å². The molecular weight excluding hydrogens is 382 g/mol. The van der Waals surface area contributed by atoms with Crippen molar-refractivity contribution in [3.8, 4) is 11.5 Å². The second-order valence-electron chi connectivity index (χ2n) is 6.62. The quantitative estimate of drug-likeness (QED) is 0.651. The number of amides is 1. The van der Waals surface area contributed by atoms with Crippen LogP contribution in [-0.2, 0) is 9.53 Å². The Kier molecular flexibility index (Phi) is 7.70. The highest BCUT2D eigenvalue weighted by molar-refractivity contribution is 6.30. The Morgan fingerprint density at radius 2 is 1.82 bits per heavy atom. The highest BCUT2D eigenvalue weighted by atomic mass is 35.5. The fourth-order valence-electron chi connectivity index (χ4n) is 2.26. The number of hydrogen-bond acceptors (Lipinski definition) is 5. The van der Waals surface area contributed by atoms with E-state index in [2.05, 4.69) is 5.32 Å². The number of methoxy groups -OCH3 is 1. The first-order chi connectivity index (χ1) is 13.3. The van der Waals surface area contributed by atoms with E-state index in [1.54, 1.807) is 36.4 Å². The SMILES string of the molecule is COc1cc(C(=O)O[C@H](C)C(=O)Nc2cccc(Cl)c2)ccc1OCC(C)C. The molecule has 0 aliphatic rings. The molecule has 2 aromatic rings. The summed E-state index contributed by atoms with van der Waals surface area (Å²) in [6, 6.07) is 11.5. The standard InChI is InChI=1S/C21H24ClNO5/c1-13(2)12-27-18-9-8-15(10-19(18)26-4)21(25)28-14(3)20(24)23-17-7-5-6-16(22)11-17/h5-11,13-14H,12H2,1-4H3,(H,23,24)/t14-/m1/s1. The molecule has 0 bridgehead atoms. The molecule has 1 amide bonds. The Morgan fingerprint density at radius 3 is 2.46 bits per heavy atom. The maximum absolute atomic E-state index is 12.4. The van der Waals surface area contributed by atoms with E-state index in [0.29, 0.717) is 34.7 Å². The maximum atomic E-state index is 12.4. The topological polar surface area (TPSA) is 73.9 Å². The Bertz CT molecular complexity index is 837. The van der Waals surface area contributed by atoms with Gasteiger partial charge in [-0.15, -0.1) is 0 Å². The first-order valence-electron chi connectivity index (χ1n) is 8.88. The van der Waals surface area contributed by atoms with Gasteiger partial charge in [-0.2, -0.15) is 0 Å². The molecule has 0 saturated carbocycles. The second kappa shape index (κ2) is 9.99. The van der Waals surface area contributed by atoms with Gasteiger partial charge in [0.15, 0.2) is 17.6 Å². The third kappa shape index (κ3) is 6.16. The number of halogens is 1. The van der Waals surface area contributed by atoms with Gasteiger partial charge < -0.3 is 19.5 Å². The van der Waals surface area contributed by atoms with E-state index in [1.165, 1.54) is 20.1 Å². The average molecular weight is 406 g/mol. The Labute approximate surface area is 169 Å². The van der Waals surface area contributed by atoms with Gasteiger partial charge in [-0.05, 0) is 49.2 Å². The van der Waals surface area contributed by atoms with Crippen LogP contribution in [0.4, 0.5) is 5.69 Å². The van der Waals surface area contributed by atoms with Crippen molar-refractivity contribution < 1.29 is 23.8 Å². The van der Waals surface area contributed by atoms with E-state index in [-0.39, 0.29) is 5.56 Å². The lowest BCUT2D eigenvalue weighted by Crippen LogP contribution is -2.30. The van der Waals surface area contributed by atoms with Crippen molar-refractivity contribution in [3.05, 3.63) is 53.1 Å². The molecule has 2 rings (SSSR count). The minimum Gasteiger partial charge on any atom is -0.493 e. The number of carbonyl (C=O) groups is 2. The minimum atomic E-state index is -0.991. The van der Waals surface area contributed by atoms with Crippen LogP contribution in [0.5, 0.6) is 11.5 Å². The summed E-state index contributed by atoms with van der Waals surface area (Å²) < 4.78 is 16.2.